The third-order valence-electron chi connectivity index (χ3n) is 3.79. The molecule has 0 aromatic rings. The molecule has 3 heteroatoms. The number of Topliss-reactive ketones (excluding diaryl/α,β-unsaturated/α-hetero) is 1. The van der Waals surface area contributed by atoms with Gasteiger partial charge < -0.3 is 4.74 Å². The minimum Gasteiger partial charge on any atom is -0.465 e. The fourth-order valence-electron chi connectivity index (χ4n) is 2.71. The molecule has 2 aliphatic rings. The van der Waals surface area contributed by atoms with Crippen LogP contribution < -0.4 is 0 Å². The zero-order valence-electron chi connectivity index (χ0n) is 9.96. The summed E-state index contributed by atoms with van der Waals surface area (Å²) in [7, 11) is 0. The van der Waals surface area contributed by atoms with Gasteiger partial charge >= 0.3 is 5.97 Å². The molecule has 0 heterocycles. The predicted molar refractivity (Wildman–Crippen MR) is 59.9 cm³/mol. The average Bonchev–Trinajstić information content (AvgIpc) is 3.13. The van der Waals surface area contributed by atoms with E-state index in [2.05, 4.69) is 0 Å². The van der Waals surface area contributed by atoms with E-state index >= 15 is 0 Å². The Balaban J connectivity index is 2.16. The van der Waals surface area contributed by atoms with Gasteiger partial charge in [-0.3, -0.25) is 9.59 Å². The van der Waals surface area contributed by atoms with Gasteiger partial charge in [-0.15, -0.1) is 0 Å². The molecule has 0 bridgehead atoms. The number of carbonyl (C=O) groups is 2. The van der Waals surface area contributed by atoms with Gasteiger partial charge in [0.25, 0.3) is 0 Å². The topological polar surface area (TPSA) is 43.4 Å². The molecule has 2 rings (SSSR count). The molecule has 0 aromatic heterocycles. The smallest absolute Gasteiger partial charge is 0.319 e. The molecule has 0 N–H and O–H groups in total. The number of esters is 1. The van der Waals surface area contributed by atoms with Crippen LogP contribution in [0.2, 0.25) is 0 Å². The van der Waals surface area contributed by atoms with Crippen LogP contribution in [0.4, 0.5) is 0 Å². The Morgan fingerprint density at radius 3 is 2.31 bits per heavy atom. The van der Waals surface area contributed by atoms with Crippen molar-refractivity contribution in [1.29, 1.82) is 0 Å². The lowest BCUT2D eigenvalue weighted by molar-refractivity contribution is -0.163. The van der Waals surface area contributed by atoms with Crippen LogP contribution in [0.25, 0.3) is 0 Å². The molecule has 3 nitrogen and oxygen atoms in total. The van der Waals surface area contributed by atoms with Crippen LogP contribution in [-0.4, -0.2) is 18.4 Å². The molecule has 0 unspecified atom stereocenters. The van der Waals surface area contributed by atoms with Gasteiger partial charge in [-0.1, -0.05) is 19.3 Å². The first-order valence-corrected chi connectivity index (χ1v) is 6.42. The van der Waals surface area contributed by atoms with Crippen molar-refractivity contribution in [2.24, 2.45) is 11.3 Å². The quantitative estimate of drug-likeness (QED) is 0.544. The Labute approximate surface area is 96.5 Å². The zero-order valence-corrected chi connectivity index (χ0v) is 9.96. The number of ether oxygens (including phenoxy) is 1. The summed E-state index contributed by atoms with van der Waals surface area (Å²) in [4.78, 5) is 24.3. The summed E-state index contributed by atoms with van der Waals surface area (Å²) in [6.45, 7) is 2.18. The van der Waals surface area contributed by atoms with Crippen molar-refractivity contribution in [1.82, 2.24) is 0 Å². The SMILES string of the molecule is CCOC(=O)C1(C(=O)C2CC2)CCCCC1. The second kappa shape index (κ2) is 4.56. The molecule has 2 fully saturated rings. The molecule has 0 saturated heterocycles. The van der Waals surface area contributed by atoms with E-state index < -0.39 is 5.41 Å². The van der Waals surface area contributed by atoms with Gasteiger partial charge in [0.1, 0.15) is 5.41 Å². The van der Waals surface area contributed by atoms with Crippen LogP contribution in [0.15, 0.2) is 0 Å². The minimum absolute atomic E-state index is 0.155. The van der Waals surface area contributed by atoms with Gasteiger partial charge in [-0.2, -0.15) is 0 Å². The summed E-state index contributed by atoms with van der Waals surface area (Å²) >= 11 is 0. The van der Waals surface area contributed by atoms with Crippen molar-refractivity contribution in [2.45, 2.75) is 51.9 Å². The van der Waals surface area contributed by atoms with Crippen molar-refractivity contribution in [3.8, 4) is 0 Å². The summed E-state index contributed by atoms with van der Waals surface area (Å²) in [6.07, 6.45) is 6.47. The molecule has 0 aliphatic heterocycles. The monoisotopic (exact) mass is 224 g/mol. The number of hydrogen-bond donors (Lipinski definition) is 0. The first-order chi connectivity index (χ1) is 7.70. The van der Waals surface area contributed by atoms with E-state index in [0.29, 0.717) is 19.4 Å². The van der Waals surface area contributed by atoms with Crippen LogP contribution in [-0.2, 0) is 14.3 Å². The van der Waals surface area contributed by atoms with Gasteiger partial charge in [0.2, 0.25) is 0 Å². The van der Waals surface area contributed by atoms with E-state index in [-0.39, 0.29) is 17.7 Å². The highest BCUT2D eigenvalue weighted by atomic mass is 16.5. The van der Waals surface area contributed by atoms with E-state index in [4.69, 9.17) is 4.74 Å². The summed E-state index contributed by atoms with van der Waals surface area (Å²) in [5, 5.41) is 0. The highest BCUT2D eigenvalue weighted by Crippen LogP contribution is 2.45. The normalized spacial score (nSPS) is 23.8. The summed E-state index contributed by atoms with van der Waals surface area (Å²) < 4.78 is 5.12. The van der Waals surface area contributed by atoms with Crippen molar-refractivity contribution >= 4 is 11.8 Å². The molecule has 0 spiro atoms. The lowest BCUT2D eigenvalue weighted by Gasteiger charge is -2.33. The number of rotatable bonds is 4. The summed E-state index contributed by atoms with van der Waals surface area (Å²) in [5.74, 6) is 0.0692. The largest absolute Gasteiger partial charge is 0.465 e. The van der Waals surface area contributed by atoms with Crippen LogP contribution in [0.5, 0.6) is 0 Å². The average molecular weight is 224 g/mol. The molecule has 0 aromatic carbocycles. The number of carbonyl (C=O) groups excluding carboxylic acids is 2. The summed E-state index contributed by atoms with van der Waals surface area (Å²) in [6, 6.07) is 0. The van der Waals surface area contributed by atoms with Crippen molar-refractivity contribution in [2.75, 3.05) is 6.61 Å². The van der Waals surface area contributed by atoms with Crippen molar-refractivity contribution in [3.05, 3.63) is 0 Å². The molecular weight excluding hydrogens is 204 g/mol. The Kier molecular flexibility index (Phi) is 3.31. The van der Waals surface area contributed by atoms with E-state index in [1.165, 1.54) is 0 Å². The third-order valence-corrected chi connectivity index (χ3v) is 3.79. The van der Waals surface area contributed by atoms with Gasteiger partial charge in [0.05, 0.1) is 6.61 Å². The standard InChI is InChI=1S/C13H20O3/c1-2-16-12(15)13(8-4-3-5-9-13)11(14)10-6-7-10/h10H,2-9H2,1H3. The zero-order chi connectivity index (χ0) is 11.6. The van der Waals surface area contributed by atoms with Crippen molar-refractivity contribution < 1.29 is 14.3 Å². The molecule has 90 valence electrons. The minimum atomic E-state index is -0.768. The second-order valence-corrected chi connectivity index (χ2v) is 5.00. The molecule has 2 saturated carbocycles. The second-order valence-electron chi connectivity index (χ2n) is 5.00. The number of ketones is 1. The highest BCUT2D eigenvalue weighted by molar-refractivity contribution is 6.05. The molecular formula is C13H20O3. The first-order valence-electron chi connectivity index (χ1n) is 6.42. The van der Waals surface area contributed by atoms with Gasteiger partial charge in [0, 0.05) is 5.92 Å². The fraction of sp³-hybridized carbons (Fsp3) is 0.846. The predicted octanol–water partition coefficient (Wildman–Crippen LogP) is 2.48. The Morgan fingerprint density at radius 1 is 1.19 bits per heavy atom. The fourth-order valence-corrected chi connectivity index (χ4v) is 2.71. The van der Waals surface area contributed by atoms with E-state index in [9.17, 15) is 9.59 Å². The highest BCUT2D eigenvalue weighted by Gasteiger charge is 2.52. The lowest BCUT2D eigenvalue weighted by Crippen LogP contribution is -2.43. The van der Waals surface area contributed by atoms with Gasteiger partial charge in [-0.05, 0) is 32.6 Å². The molecule has 16 heavy (non-hydrogen) atoms. The van der Waals surface area contributed by atoms with Crippen LogP contribution in [0.1, 0.15) is 51.9 Å². The van der Waals surface area contributed by atoms with Crippen LogP contribution in [0.3, 0.4) is 0 Å². The molecule has 0 atom stereocenters. The Hall–Kier alpha value is -0.860. The maximum absolute atomic E-state index is 12.3. The van der Waals surface area contributed by atoms with Crippen LogP contribution >= 0.6 is 0 Å². The van der Waals surface area contributed by atoms with Crippen molar-refractivity contribution in [3.63, 3.8) is 0 Å². The summed E-state index contributed by atoms with van der Waals surface area (Å²) in [5.41, 5.74) is -0.768. The van der Waals surface area contributed by atoms with Gasteiger partial charge in [0.15, 0.2) is 5.78 Å². The van der Waals surface area contributed by atoms with Crippen LogP contribution in [0, 0.1) is 11.3 Å². The van der Waals surface area contributed by atoms with Gasteiger partial charge in [-0.25, -0.2) is 0 Å². The van der Waals surface area contributed by atoms with E-state index in [1.54, 1.807) is 6.92 Å². The maximum Gasteiger partial charge on any atom is 0.319 e. The lowest BCUT2D eigenvalue weighted by atomic mass is 9.70. The Morgan fingerprint density at radius 2 is 1.81 bits per heavy atom. The molecule has 0 radical (unpaired) electrons. The van der Waals surface area contributed by atoms with E-state index in [1.807, 2.05) is 0 Å². The number of hydrogen-bond acceptors (Lipinski definition) is 3. The first kappa shape index (κ1) is 11.6. The molecule has 2 aliphatic carbocycles. The van der Waals surface area contributed by atoms with E-state index in [0.717, 1.165) is 32.1 Å². The Bertz CT molecular complexity index is 286. The molecule has 0 amide bonds. The maximum atomic E-state index is 12.3. The third kappa shape index (κ3) is 2.00.